The van der Waals surface area contributed by atoms with E-state index in [0.29, 0.717) is 31.0 Å². The minimum absolute atomic E-state index is 0.121. The summed E-state index contributed by atoms with van der Waals surface area (Å²) in [5.41, 5.74) is 3.51. The second kappa shape index (κ2) is 6.09. The van der Waals surface area contributed by atoms with E-state index in [1.807, 2.05) is 0 Å². The third-order valence-electron chi connectivity index (χ3n) is 4.59. The van der Waals surface area contributed by atoms with Gasteiger partial charge in [-0.1, -0.05) is 17.7 Å². The fourth-order valence-corrected chi connectivity index (χ4v) is 4.58. The van der Waals surface area contributed by atoms with E-state index in [-0.39, 0.29) is 17.3 Å². The molecule has 2 aliphatic rings. The van der Waals surface area contributed by atoms with E-state index in [4.69, 9.17) is 11.6 Å². The van der Waals surface area contributed by atoms with Gasteiger partial charge in [-0.05, 0) is 47.7 Å². The Balaban J connectivity index is 1.61. The highest BCUT2D eigenvalue weighted by Crippen LogP contribution is 2.38. The van der Waals surface area contributed by atoms with Crippen LogP contribution in [0.3, 0.4) is 0 Å². The summed E-state index contributed by atoms with van der Waals surface area (Å²) < 4.78 is 27.9. The quantitative estimate of drug-likeness (QED) is 0.827. The SMILES string of the molecule is O=C1CCc2cc(S(=O)(=O)NCc3ccc(Cl)nc3)cc3c2N1CC3. The summed E-state index contributed by atoms with van der Waals surface area (Å²) in [6.45, 7) is 0.776. The van der Waals surface area contributed by atoms with Gasteiger partial charge in [0.1, 0.15) is 5.15 Å². The first-order chi connectivity index (χ1) is 11.9. The summed E-state index contributed by atoms with van der Waals surface area (Å²) in [5, 5.41) is 0.364. The summed E-state index contributed by atoms with van der Waals surface area (Å²) in [6.07, 6.45) is 3.25. The summed E-state index contributed by atoms with van der Waals surface area (Å²) >= 11 is 5.73. The van der Waals surface area contributed by atoms with E-state index >= 15 is 0 Å². The molecule has 4 rings (SSSR count). The van der Waals surface area contributed by atoms with Crippen LogP contribution < -0.4 is 9.62 Å². The zero-order valence-electron chi connectivity index (χ0n) is 13.3. The summed E-state index contributed by atoms with van der Waals surface area (Å²) in [5.74, 6) is 0.121. The van der Waals surface area contributed by atoms with Gasteiger partial charge in [-0.3, -0.25) is 4.79 Å². The van der Waals surface area contributed by atoms with Crippen molar-refractivity contribution in [1.29, 1.82) is 0 Å². The maximum absolute atomic E-state index is 12.7. The molecule has 1 amide bonds. The number of rotatable bonds is 4. The summed E-state index contributed by atoms with van der Waals surface area (Å²) in [4.78, 5) is 17.9. The van der Waals surface area contributed by atoms with Crippen molar-refractivity contribution in [3.05, 3.63) is 52.3 Å². The molecule has 6 nitrogen and oxygen atoms in total. The monoisotopic (exact) mass is 377 g/mol. The Hall–Kier alpha value is -1.96. The Morgan fingerprint density at radius 2 is 1.92 bits per heavy atom. The van der Waals surface area contributed by atoms with Gasteiger partial charge in [0.2, 0.25) is 15.9 Å². The zero-order chi connectivity index (χ0) is 17.6. The topological polar surface area (TPSA) is 79.4 Å². The molecule has 0 unspecified atom stereocenters. The number of amides is 1. The Morgan fingerprint density at radius 3 is 2.64 bits per heavy atom. The van der Waals surface area contributed by atoms with E-state index in [2.05, 4.69) is 9.71 Å². The molecule has 8 heteroatoms. The Morgan fingerprint density at radius 1 is 1.16 bits per heavy atom. The zero-order valence-corrected chi connectivity index (χ0v) is 14.9. The lowest BCUT2D eigenvalue weighted by Crippen LogP contribution is -2.33. The van der Waals surface area contributed by atoms with Gasteiger partial charge < -0.3 is 4.90 Å². The van der Waals surface area contributed by atoms with Gasteiger partial charge in [0.15, 0.2) is 0 Å². The van der Waals surface area contributed by atoms with Crippen LogP contribution in [0.2, 0.25) is 5.15 Å². The molecule has 0 saturated carbocycles. The first kappa shape index (κ1) is 16.5. The summed E-state index contributed by atoms with van der Waals surface area (Å²) in [7, 11) is -3.64. The molecule has 2 aliphatic heterocycles. The van der Waals surface area contributed by atoms with Crippen LogP contribution in [0.5, 0.6) is 0 Å². The molecule has 0 radical (unpaired) electrons. The van der Waals surface area contributed by atoms with Crippen LogP contribution in [0.25, 0.3) is 0 Å². The fraction of sp³-hybridized carbons (Fsp3) is 0.294. The van der Waals surface area contributed by atoms with Gasteiger partial charge in [0, 0.05) is 25.7 Å². The Kier molecular flexibility index (Phi) is 4.02. The molecule has 1 N–H and O–H groups in total. The van der Waals surface area contributed by atoms with Crippen molar-refractivity contribution in [3.63, 3.8) is 0 Å². The number of aromatic nitrogens is 1. The van der Waals surface area contributed by atoms with E-state index < -0.39 is 10.0 Å². The van der Waals surface area contributed by atoms with Gasteiger partial charge in [-0.25, -0.2) is 18.1 Å². The number of hydrogen-bond acceptors (Lipinski definition) is 4. The second-order valence-electron chi connectivity index (χ2n) is 6.20. The number of carbonyl (C=O) groups is 1. The van der Waals surface area contributed by atoms with E-state index in [1.54, 1.807) is 35.4 Å². The lowest BCUT2D eigenvalue weighted by atomic mass is 10.00. The third kappa shape index (κ3) is 3.03. The van der Waals surface area contributed by atoms with E-state index in [9.17, 15) is 13.2 Å². The number of aryl methyl sites for hydroxylation is 1. The van der Waals surface area contributed by atoms with Crippen molar-refractivity contribution in [2.45, 2.75) is 30.7 Å². The van der Waals surface area contributed by atoms with Crippen LogP contribution in [0, 0.1) is 0 Å². The van der Waals surface area contributed by atoms with Crippen LogP contribution in [-0.4, -0.2) is 25.9 Å². The van der Waals surface area contributed by atoms with Crippen molar-refractivity contribution in [1.82, 2.24) is 9.71 Å². The molecule has 0 aliphatic carbocycles. The van der Waals surface area contributed by atoms with Gasteiger partial charge in [-0.15, -0.1) is 0 Å². The predicted molar refractivity (Wildman–Crippen MR) is 94.1 cm³/mol. The van der Waals surface area contributed by atoms with Gasteiger partial charge >= 0.3 is 0 Å². The van der Waals surface area contributed by atoms with Crippen molar-refractivity contribution < 1.29 is 13.2 Å². The van der Waals surface area contributed by atoms with Crippen LogP contribution in [0.4, 0.5) is 5.69 Å². The number of halogens is 1. The number of anilines is 1. The molecule has 0 spiro atoms. The number of sulfonamides is 1. The molecule has 0 fully saturated rings. The Labute approximate surface area is 150 Å². The third-order valence-corrected chi connectivity index (χ3v) is 6.19. The number of nitrogens with one attached hydrogen (secondary N) is 1. The molecule has 3 heterocycles. The molecule has 0 atom stereocenters. The normalized spacial score (nSPS) is 16.2. The molecule has 0 saturated heterocycles. The second-order valence-corrected chi connectivity index (χ2v) is 8.35. The molecule has 25 heavy (non-hydrogen) atoms. The molecule has 1 aromatic heterocycles. The molecule has 130 valence electrons. The van der Waals surface area contributed by atoms with Crippen LogP contribution in [-0.2, 0) is 34.2 Å². The summed E-state index contributed by atoms with van der Waals surface area (Å²) in [6, 6.07) is 6.72. The number of carbonyl (C=O) groups excluding carboxylic acids is 1. The number of pyridine rings is 1. The lowest BCUT2D eigenvalue weighted by molar-refractivity contribution is -0.118. The van der Waals surface area contributed by atoms with Crippen molar-refractivity contribution in [2.75, 3.05) is 11.4 Å². The van der Waals surface area contributed by atoms with Crippen molar-refractivity contribution in [3.8, 4) is 0 Å². The first-order valence-electron chi connectivity index (χ1n) is 8.00. The molecular weight excluding hydrogens is 362 g/mol. The van der Waals surface area contributed by atoms with Gasteiger partial charge in [-0.2, -0.15) is 0 Å². The number of nitrogens with zero attached hydrogens (tertiary/aromatic N) is 2. The van der Waals surface area contributed by atoms with Crippen LogP contribution in [0.15, 0.2) is 35.4 Å². The first-order valence-corrected chi connectivity index (χ1v) is 9.86. The van der Waals surface area contributed by atoms with Crippen molar-refractivity contribution in [2.24, 2.45) is 0 Å². The Bertz CT molecular complexity index is 958. The highest BCUT2D eigenvalue weighted by Gasteiger charge is 2.32. The number of hydrogen-bond donors (Lipinski definition) is 1. The lowest BCUT2D eigenvalue weighted by Gasteiger charge is -2.25. The molecule has 0 bridgehead atoms. The van der Waals surface area contributed by atoms with Gasteiger partial charge in [0.05, 0.1) is 10.6 Å². The molecule has 1 aromatic carbocycles. The number of benzene rings is 1. The predicted octanol–water partition coefficient (Wildman–Crippen LogP) is 2.05. The minimum Gasteiger partial charge on any atom is -0.312 e. The highest BCUT2D eigenvalue weighted by atomic mass is 35.5. The fourth-order valence-electron chi connectivity index (χ4n) is 3.35. The maximum Gasteiger partial charge on any atom is 0.240 e. The standard InChI is InChI=1S/C17H16ClN3O3S/c18-15-3-1-11(9-19-15)10-20-25(23,24)14-7-12-2-4-16(22)21-6-5-13(8-14)17(12)21/h1,3,7-9,20H,2,4-6,10H2. The minimum atomic E-state index is -3.64. The molecule has 2 aromatic rings. The average Bonchev–Trinajstić information content (AvgIpc) is 3.03. The average molecular weight is 378 g/mol. The van der Waals surface area contributed by atoms with Crippen molar-refractivity contribution >= 4 is 33.2 Å². The van der Waals surface area contributed by atoms with E-state index in [0.717, 1.165) is 22.4 Å². The largest absolute Gasteiger partial charge is 0.312 e. The van der Waals surface area contributed by atoms with Crippen LogP contribution in [0.1, 0.15) is 23.1 Å². The smallest absolute Gasteiger partial charge is 0.240 e. The maximum atomic E-state index is 12.7. The van der Waals surface area contributed by atoms with E-state index in [1.165, 1.54) is 0 Å². The van der Waals surface area contributed by atoms with Crippen LogP contribution >= 0.6 is 11.6 Å². The molecular formula is C17H16ClN3O3S. The highest BCUT2D eigenvalue weighted by molar-refractivity contribution is 7.89. The van der Waals surface area contributed by atoms with Gasteiger partial charge in [0.25, 0.3) is 0 Å².